The molecule has 0 heterocycles. The van der Waals surface area contributed by atoms with Crippen LogP contribution in [0.25, 0.3) is 0 Å². The van der Waals surface area contributed by atoms with Gasteiger partial charge in [-0.05, 0) is 0 Å². The summed E-state index contributed by atoms with van der Waals surface area (Å²) in [5.41, 5.74) is 2.06. The molecule has 0 aliphatic rings. The third-order valence-corrected chi connectivity index (χ3v) is 10.3. The maximum absolute atomic E-state index is 9.82. The van der Waals surface area contributed by atoms with Crippen molar-refractivity contribution < 1.29 is 10.2 Å². The van der Waals surface area contributed by atoms with Gasteiger partial charge in [0.05, 0.1) is 0 Å². The van der Waals surface area contributed by atoms with Gasteiger partial charge in [-0.1, -0.05) is 0 Å². The number of aliphatic hydroxyl groups is 2. The summed E-state index contributed by atoms with van der Waals surface area (Å²) in [7, 11) is 0. The molecule has 0 aliphatic heterocycles. The van der Waals surface area contributed by atoms with Crippen molar-refractivity contribution in [2.24, 2.45) is 0 Å². The Morgan fingerprint density at radius 3 is 1.40 bits per heavy atom. The van der Waals surface area contributed by atoms with E-state index in [0.717, 1.165) is 11.1 Å². The predicted octanol–water partition coefficient (Wildman–Crippen LogP) is 1.07. The summed E-state index contributed by atoms with van der Waals surface area (Å²) >= 11 is 0.622. The molecule has 0 fully saturated rings. The van der Waals surface area contributed by atoms with Crippen molar-refractivity contribution in [1.82, 2.24) is 0 Å². The molecule has 2 rings (SSSR count). The molecule has 2 nitrogen and oxygen atoms in total. The first-order valence-corrected chi connectivity index (χ1v) is 12.5. The number of benzene rings is 2. The van der Waals surface area contributed by atoms with E-state index in [1.807, 2.05) is 50.2 Å². The average molecular weight is 400 g/mol. The van der Waals surface area contributed by atoms with Crippen LogP contribution in [0.4, 0.5) is 0 Å². The Morgan fingerprint density at radius 1 is 0.700 bits per heavy atom. The maximum atomic E-state index is 9.82. The van der Waals surface area contributed by atoms with Gasteiger partial charge in [-0.2, -0.15) is 0 Å². The van der Waals surface area contributed by atoms with Crippen LogP contribution in [0.15, 0.2) is 48.5 Å². The van der Waals surface area contributed by atoms with Gasteiger partial charge < -0.3 is 0 Å². The van der Waals surface area contributed by atoms with Crippen molar-refractivity contribution in [2.45, 2.75) is 26.1 Å². The Kier molecular flexibility index (Phi) is 5.85. The molecule has 2 atom stereocenters. The van der Waals surface area contributed by atoms with E-state index in [9.17, 15) is 10.2 Å². The average Bonchev–Trinajstić information content (AvgIpc) is 2.45. The van der Waals surface area contributed by atoms with Crippen LogP contribution in [0.3, 0.4) is 0 Å². The van der Waals surface area contributed by atoms with E-state index in [2.05, 4.69) is 12.1 Å². The second-order valence-electron chi connectivity index (χ2n) is 4.59. The van der Waals surface area contributed by atoms with Crippen LogP contribution in [-0.2, 0) is 0 Å². The summed E-state index contributed by atoms with van der Waals surface area (Å²) in [6, 6.07) is 16.2. The quantitative estimate of drug-likeness (QED) is 0.738. The van der Waals surface area contributed by atoms with E-state index >= 15 is 0 Å². The monoisotopic (exact) mass is 402 g/mol. The molecule has 0 unspecified atom stereocenters. The summed E-state index contributed by atoms with van der Waals surface area (Å²) in [6.45, 7) is 3.62. The molecule has 0 radical (unpaired) electrons. The van der Waals surface area contributed by atoms with E-state index < -0.39 is 12.2 Å². The second kappa shape index (κ2) is 7.42. The molecule has 2 aromatic rings. The van der Waals surface area contributed by atoms with Gasteiger partial charge in [-0.25, -0.2) is 0 Å². The fourth-order valence-electron chi connectivity index (χ4n) is 1.89. The first kappa shape index (κ1) is 15.8. The summed E-state index contributed by atoms with van der Waals surface area (Å²) < 4.78 is 2.52. The fourth-order valence-corrected chi connectivity index (χ4v) is 9.50. The van der Waals surface area contributed by atoms with Gasteiger partial charge in [0, 0.05) is 0 Å². The molecule has 106 valence electrons. The van der Waals surface area contributed by atoms with Crippen molar-refractivity contribution in [3.63, 3.8) is 0 Å². The molecule has 2 aromatic carbocycles. The van der Waals surface area contributed by atoms with E-state index in [-0.39, 0.29) is 0 Å². The topological polar surface area (TPSA) is 40.5 Å². The van der Waals surface area contributed by atoms with Gasteiger partial charge >= 0.3 is 131 Å². The number of aliphatic hydroxyl groups excluding tert-OH is 2. The molecule has 0 amide bonds. The second-order valence-corrected chi connectivity index (χ2v) is 10.8. The van der Waals surface area contributed by atoms with Crippen molar-refractivity contribution >= 4 is 35.2 Å². The Morgan fingerprint density at radius 2 is 1.05 bits per heavy atom. The zero-order chi connectivity index (χ0) is 14.5. The van der Waals surface area contributed by atoms with E-state index in [1.54, 1.807) is 0 Å². The predicted molar refractivity (Wildman–Crippen MR) is 84.9 cm³/mol. The summed E-state index contributed by atoms with van der Waals surface area (Å²) in [4.78, 5) is 0. The molecule has 4 heteroatoms. The number of rotatable bonds is 5. The SMILES string of the molecule is C[C@H](O)c1ccccc1[Se][Se]c1ccccc1[C@H](C)O. The number of hydrogen-bond donors (Lipinski definition) is 2. The van der Waals surface area contributed by atoms with Gasteiger partial charge in [-0.15, -0.1) is 0 Å². The van der Waals surface area contributed by atoms with Crippen LogP contribution in [0, 0.1) is 0 Å². The first-order valence-electron chi connectivity index (χ1n) is 6.48. The van der Waals surface area contributed by atoms with Crippen LogP contribution in [0.5, 0.6) is 0 Å². The van der Waals surface area contributed by atoms with Gasteiger partial charge in [0.1, 0.15) is 0 Å². The molecular formula is C16H18O2Se2. The zero-order valence-electron chi connectivity index (χ0n) is 11.5. The van der Waals surface area contributed by atoms with Crippen molar-refractivity contribution in [3.8, 4) is 0 Å². The molecule has 0 aromatic heterocycles. The first-order chi connectivity index (χ1) is 9.59. The molecule has 20 heavy (non-hydrogen) atoms. The van der Waals surface area contributed by atoms with E-state index in [0.29, 0.717) is 26.3 Å². The Balaban J connectivity index is 2.17. The van der Waals surface area contributed by atoms with Crippen molar-refractivity contribution in [3.05, 3.63) is 59.7 Å². The molecule has 0 spiro atoms. The molecule has 0 saturated heterocycles. The molecule has 0 saturated carbocycles. The summed E-state index contributed by atoms with van der Waals surface area (Å²) in [5.74, 6) is 0. The molecule has 0 aliphatic carbocycles. The van der Waals surface area contributed by atoms with Crippen molar-refractivity contribution in [1.29, 1.82) is 0 Å². The van der Waals surface area contributed by atoms with Crippen LogP contribution < -0.4 is 8.92 Å². The minimum atomic E-state index is -0.420. The molecule has 0 bridgehead atoms. The third kappa shape index (κ3) is 3.95. The molecular weight excluding hydrogens is 382 g/mol. The van der Waals surface area contributed by atoms with E-state index in [4.69, 9.17) is 0 Å². The van der Waals surface area contributed by atoms with Gasteiger partial charge in [0.2, 0.25) is 0 Å². The van der Waals surface area contributed by atoms with Crippen LogP contribution in [-0.4, -0.2) is 36.5 Å². The van der Waals surface area contributed by atoms with Crippen molar-refractivity contribution in [2.75, 3.05) is 0 Å². The van der Waals surface area contributed by atoms with Crippen LogP contribution >= 0.6 is 0 Å². The summed E-state index contributed by atoms with van der Waals surface area (Å²) in [6.07, 6.45) is -0.841. The van der Waals surface area contributed by atoms with Gasteiger partial charge in [0.15, 0.2) is 0 Å². The Bertz CT molecular complexity index is 516. The van der Waals surface area contributed by atoms with Crippen LogP contribution in [0.2, 0.25) is 0 Å². The zero-order valence-corrected chi connectivity index (χ0v) is 14.9. The number of hydrogen-bond acceptors (Lipinski definition) is 2. The third-order valence-electron chi connectivity index (χ3n) is 2.96. The Hall–Kier alpha value is -0.601. The van der Waals surface area contributed by atoms with E-state index in [1.165, 1.54) is 8.92 Å². The fraction of sp³-hybridized carbons (Fsp3) is 0.250. The summed E-state index contributed by atoms with van der Waals surface area (Å²) in [5, 5.41) is 19.6. The minimum absolute atomic E-state index is 0.311. The standard InChI is InChI=1S/C16H18O2Se2/c1-11(17)13-7-3-5-9-15(13)19-20-16-10-6-4-8-14(16)12(2)18/h3-12,17-18H,1-2H3/t11-,12-/m0/s1. The van der Waals surface area contributed by atoms with Gasteiger partial charge in [0.25, 0.3) is 0 Å². The Labute approximate surface area is 131 Å². The van der Waals surface area contributed by atoms with Crippen LogP contribution in [0.1, 0.15) is 37.2 Å². The van der Waals surface area contributed by atoms with Gasteiger partial charge in [-0.3, -0.25) is 0 Å². The normalized spacial score (nSPS) is 14.0. The molecule has 2 N–H and O–H groups in total.